The number of amides is 1. The minimum Gasteiger partial charge on any atom is -0.444 e. The van der Waals surface area contributed by atoms with Gasteiger partial charge in [0.1, 0.15) is 5.60 Å². The predicted molar refractivity (Wildman–Crippen MR) is 116 cm³/mol. The van der Waals surface area contributed by atoms with Gasteiger partial charge in [-0.05, 0) is 102 Å². The van der Waals surface area contributed by atoms with Crippen LogP contribution in [0.25, 0.3) is 5.57 Å². The second-order valence-electron chi connectivity index (χ2n) is 9.58. The van der Waals surface area contributed by atoms with Crippen LogP contribution >= 0.6 is 0 Å². The Hall–Kier alpha value is -1.97. The molecular formula is C24H36N2O2. The number of anilines is 1. The summed E-state index contributed by atoms with van der Waals surface area (Å²) in [5.74, 6) is 0.437. The van der Waals surface area contributed by atoms with Gasteiger partial charge in [-0.1, -0.05) is 12.1 Å². The second-order valence-corrected chi connectivity index (χ2v) is 9.58. The van der Waals surface area contributed by atoms with Crippen LogP contribution in [-0.2, 0) is 4.74 Å². The van der Waals surface area contributed by atoms with E-state index in [4.69, 9.17) is 10.5 Å². The Kier molecular flexibility index (Phi) is 6.07. The van der Waals surface area contributed by atoms with Crippen molar-refractivity contribution in [1.82, 2.24) is 4.90 Å². The predicted octanol–water partition coefficient (Wildman–Crippen LogP) is 6.12. The average Bonchev–Trinajstić information content (AvgIpc) is 2.60. The lowest BCUT2D eigenvalue weighted by Gasteiger charge is -2.43. The summed E-state index contributed by atoms with van der Waals surface area (Å²) in [4.78, 5) is 14.6. The maximum Gasteiger partial charge on any atom is 0.410 e. The molecule has 1 aliphatic carbocycles. The largest absolute Gasteiger partial charge is 0.444 e. The lowest BCUT2D eigenvalue weighted by molar-refractivity contribution is -0.00254. The maximum atomic E-state index is 12.7. The number of rotatable bonds is 2. The van der Waals surface area contributed by atoms with Crippen LogP contribution in [0.2, 0.25) is 0 Å². The van der Waals surface area contributed by atoms with Crippen molar-refractivity contribution in [1.29, 1.82) is 0 Å². The van der Waals surface area contributed by atoms with E-state index >= 15 is 0 Å². The fourth-order valence-corrected chi connectivity index (χ4v) is 4.72. The summed E-state index contributed by atoms with van der Waals surface area (Å²) in [7, 11) is 0. The standard InChI is InChI=1S/C24H36N2O2/c1-16-13-20(14-17(2)26(16)23(27)28-24(3,4)5)19-11-12-22(25)21(15-19)18-9-7-6-8-10-18/h9,11-12,15-17,20H,6-8,10,13-14,25H2,1-5H3/t16-,17?,20?/m0/s1. The molecule has 1 fully saturated rings. The van der Waals surface area contributed by atoms with Crippen LogP contribution in [0.5, 0.6) is 0 Å². The van der Waals surface area contributed by atoms with Crippen molar-refractivity contribution in [2.75, 3.05) is 5.73 Å². The Bertz CT molecular complexity index is 735. The zero-order valence-electron chi connectivity index (χ0n) is 18.1. The maximum absolute atomic E-state index is 12.7. The molecule has 2 unspecified atom stereocenters. The van der Waals surface area contributed by atoms with Gasteiger partial charge in [-0.15, -0.1) is 0 Å². The Morgan fingerprint density at radius 2 is 1.82 bits per heavy atom. The Labute approximate surface area is 170 Å². The molecule has 4 heteroatoms. The van der Waals surface area contributed by atoms with E-state index in [1.54, 1.807) is 0 Å². The van der Waals surface area contributed by atoms with Crippen molar-refractivity contribution in [3.63, 3.8) is 0 Å². The first-order chi connectivity index (χ1) is 13.2. The Morgan fingerprint density at radius 3 is 2.39 bits per heavy atom. The van der Waals surface area contributed by atoms with Crippen LogP contribution in [0.4, 0.5) is 10.5 Å². The van der Waals surface area contributed by atoms with Gasteiger partial charge in [0.15, 0.2) is 0 Å². The van der Waals surface area contributed by atoms with E-state index in [0.717, 1.165) is 31.4 Å². The van der Waals surface area contributed by atoms with Crippen molar-refractivity contribution >= 4 is 17.4 Å². The van der Waals surface area contributed by atoms with Gasteiger partial charge in [0, 0.05) is 23.3 Å². The molecule has 28 heavy (non-hydrogen) atoms. The number of nitrogens with two attached hydrogens (primary N) is 1. The van der Waals surface area contributed by atoms with E-state index in [1.807, 2.05) is 25.7 Å². The molecule has 2 N–H and O–H groups in total. The number of carbonyl (C=O) groups is 1. The van der Waals surface area contributed by atoms with Crippen LogP contribution < -0.4 is 5.73 Å². The molecule has 4 nitrogen and oxygen atoms in total. The first kappa shape index (κ1) is 20.8. The topological polar surface area (TPSA) is 55.6 Å². The normalized spacial score (nSPS) is 26.0. The molecule has 2 aliphatic rings. The fraction of sp³-hybridized carbons (Fsp3) is 0.625. The Morgan fingerprint density at radius 1 is 1.14 bits per heavy atom. The monoisotopic (exact) mass is 384 g/mol. The highest BCUT2D eigenvalue weighted by atomic mass is 16.6. The quantitative estimate of drug-likeness (QED) is 0.625. The number of hydrogen-bond acceptors (Lipinski definition) is 3. The minimum absolute atomic E-state index is 0.151. The van der Waals surface area contributed by atoms with Crippen molar-refractivity contribution in [2.45, 2.75) is 96.7 Å². The molecule has 1 heterocycles. The number of allylic oxidation sites excluding steroid dienone is 2. The SMILES string of the molecule is CC1CC(c2ccc(N)c(C3=CCCCC3)c2)C[C@H](C)N1C(=O)OC(C)(C)C. The van der Waals surface area contributed by atoms with E-state index in [9.17, 15) is 4.79 Å². The first-order valence-electron chi connectivity index (χ1n) is 10.8. The molecule has 0 spiro atoms. The van der Waals surface area contributed by atoms with Crippen LogP contribution in [0, 0.1) is 0 Å². The number of nitrogens with zero attached hydrogens (tertiary/aromatic N) is 1. The number of benzene rings is 1. The lowest BCUT2D eigenvalue weighted by atomic mass is 9.81. The van der Waals surface area contributed by atoms with Crippen LogP contribution in [0.3, 0.4) is 0 Å². The molecule has 1 saturated heterocycles. The first-order valence-corrected chi connectivity index (χ1v) is 10.8. The minimum atomic E-state index is -0.465. The van der Waals surface area contributed by atoms with E-state index in [0.29, 0.717) is 5.92 Å². The number of hydrogen-bond donors (Lipinski definition) is 1. The molecule has 1 aromatic rings. The van der Waals surface area contributed by atoms with E-state index in [-0.39, 0.29) is 18.2 Å². The zero-order chi connectivity index (χ0) is 20.5. The average molecular weight is 385 g/mol. The summed E-state index contributed by atoms with van der Waals surface area (Å²) < 4.78 is 5.64. The molecule has 0 aromatic heterocycles. The van der Waals surface area contributed by atoms with Gasteiger partial charge in [0.2, 0.25) is 0 Å². The molecule has 1 aromatic carbocycles. The fourth-order valence-electron chi connectivity index (χ4n) is 4.72. The van der Waals surface area contributed by atoms with E-state index in [2.05, 4.69) is 38.1 Å². The van der Waals surface area contributed by atoms with Gasteiger partial charge in [-0.25, -0.2) is 4.79 Å². The Balaban J connectivity index is 1.77. The van der Waals surface area contributed by atoms with Crippen molar-refractivity contribution < 1.29 is 9.53 Å². The second kappa shape index (κ2) is 8.18. The number of ether oxygens (including phenoxy) is 1. The highest BCUT2D eigenvalue weighted by molar-refractivity contribution is 5.76. The molecule has 154 valence electrons. The zero-order valence-corrected chi connectivity index (χ0v) is 18.1. The van der Waals surface area contributed by atoms with Crippen LogP contribution in [0.1, 0.15) is 90.2 Å². The summed E-state index contributed by atoms with van der Waals surface area (Å²) in [6.45, 7) is 10.0. The highest BCUT2D eigenvalue weighted by Crippen LogP contribution is 2.39. The van der Waals surface area contributed by atoms with Crippen LogP contribution in [0.15, 0.2) is 24.3 Å². The third-order valence-corrected chi connectivity index (χ3v) is 5.99. The van der Waals surface area contributed by atoms with Crippen LogP contribution in [-0.4, -0.2) is 28.7 Å². The molecule has 1 amide bonds. The molecule has 1 aliphatic heterocycles. The molecular weight excluding hydrogens is 348 g/mol. The molecule has 3 atom stereocenters. The smallest absolute Gasteiger partial charge is 0.410 e. The number of nitrogen functional groups attached to an aromatic ring is 1. The van der Waals surface area contributed by atoms with Gasteiger partial charge >= 0.3 is 6.09 Å². The van der Waals surface area contributed by atoms with Gasteiger partial charge in [-0.3, -0.25) is 0 Å². The van der Waals surface area contributed by atoms with Gasteiger partial charge in [-0.2, -0.15) is 0 Å². The molecule has 3 rings (SSSR count). The summed E-state index contributed by atoms with van der Waals surface area (Å²) in [5.41, 5.74) is 10.7. The van der Waals surface area contributed by atoms with E-state index < -0.39 is 5.60 Å². The number of piperidine rings is 1. The highest BCUT2D eigenvalue weighted by Gasteiger charge is 2.37. The van der Waals surface area contributed by atoms with Crippen molar-refractivity contribution in [3.8, 4) is 0 Å². The third-order valence-electron chi connectivity index (χ3n) is 5.99. The number of likely N-dealkylation sites (tertiary alicyclic amines) is 1. The molecule has 0 radical (unpaired) electrons. The van der Waals surface area contributed by atoms with Gasteiger partial charge < -0.3 is 15.4 Å². The van der Waals surface area contributed by atoms with E-state index in [1.165, 1.54) is 29.5 Å². The summed E-state index contributed by atoms with van der Waals surface area (Å²) in [6.07, 6.45) is 8.86. The van der Waals surface area contributed by atoms with Gasteiger partial charge in [0.05, 0.1) is 0 Å². The molecule has 0 saturated carbocycles. The molecule has 0 bridgehead atoms. The van der Waals surface area contributed by atoms with Crippen molar-refractivity contribution in [2.24, 2.45) is 0 Å². The summed E-state index contributed by atoms with van der Waals surface area (Å²) >= 11 is 0. The number of carbonyl (C=O) groups excluding carboxylic acids is 1. The summed E-state index contributed by atoms with van der Waals surface area (Å²) in [5, 5.41) is 0. The lowest BCUT2D eigenvalue weighted by Crippen LogP contribution is -2.51. The van der Waals surface area contributed by atoms with Crippen molar-refractivity contribution in [3.05, 3.63) is 35.4 Å². The third kappa shape index (κ3) is 4.71. The summed E-state index contributed by atoms with van der Waals surface area (Å²) in [6, 6.07) is 6.85. The van der Waals surface area contributed by atoms with Gasteiger partial charge in [0.25, 0.3) is 0 Å².